The second-order valence-corrected chi connectivity index (χ2v) is 10.7. The van der Waals surface area contributed by atoms with Crippen molar-refractivity contribution in [3.05, 3.63) is 28.8 Å². The van der Waals surface area contributed by atoms with Crippen molar-refractivity contribution in [2.45, 2.75) is 56.9 Å². The number of benzene rings is 1. The van der Waals surface area contributed by atoms with Gasteiger partial charge in [-0.2, -0.15) is 4.31 Å². The van der Waals surface area contributed by atoms with Crippen LogP contribution in [0.2, 0.25) is 5.02 Å². The van der Waals surface area contributed by atoms with Gasteiger partial charge in [0.25, 0.3) is 5.91 Å². The van der Waals surface area contributed by atoms with Gasteiger partial charge >= 0.3 is 0 Å². The topological polar surface area (TPSA) is 69.7 Å². The maximum absolute atomic E-state index is 13.1. The van der Waals surface area contributed by atoms with Crippen molar-refractivity contribution in [1.29, 1.82) is 0 Å². The molecule has 0 bridgehead atoms. The van der Waals surface area contributed by atoms with Gasteiger partial charge in [0.1, 0.15) is 4.90 Å². The minimum absolute atomic E-state index is 0.0190. The molecule has 0 saturated carbocycles. The van der Waals surface area contributed by atoms with Crippen molar-refractivity contribution in [3.8, 4) is 0 Å². The smallest absolute Gasteiger partial charge is 0.251 e. The Kier molecular flexibility index (Phi) is 7.59. The number of hydrogen-bond donors (Lipinski definition) is 1. The van der Waals surface area contributed by atoms with Gasteiger partial charge in [0.05, 0.1) is 5.02 Å². The molecule has 2 atom stereocenters. The van der Waals surface area contributed by atoms with Crippen LogP contribution in [0, 0.1) is 5.92 Å². The van der Waals surface area contributed by atoms with Gasteiger partial charge in [-0.05, 0) is 63.3 Å². The summed E-state index contributed by atoms with van der Waals surface area (Å²) in [5.74, 6) is 0.0516. The Balaban J connectivity index is 1.67. The first-order valence-electron chi connectivity index (χ1n) is 10.6. The molecule has 2 unspecified atom stereocenters. The minimum Gasteiger partial charge on any atom is -0.351 e. The van der Waals surface area contributed by atoms with Crippen molar-refractivity contribution in [3.63, 3.8) is 0 Å². The number of nitrogens with one attached hydrogen (secondary N) is 1. The molecule has 2 fully saturated rings. The van der Waals surface area contributed by atoms with Crippen LogP contribution in [0.5, 0.6) is 0 Å². The van der Waals surface area contributed by atoms with E-state index in [0.29, 0.717) is 37.2 Å². The van der Waals surface area contributed by atoms with Gasteiger partial charge in [-0.3, -0.25) is 9.69 Å². The monoisotopic (exact) mass is 441 g/mol. The third kappa shape index (κ3) is 5.51. The first-order chi connectivity index (χ1) is 13.8. The summed E-state index contributed by atoms with van der Waals surface area (Å²) in [5, 5.41) is 3.07. The molecular formula is C21H32ClN3O3S. The van der Waals surface area contributed by atoms with Gasteiger partial charge in [-0.1, -0.05) is 24.9 Å². The first-order valence-corrected chi connectivity index (χ1v) is 12.4. The summed E-state index contributed by atoms with van der Waals surface area (Å²) in [7, 11) is -3.71. The maximum atomic E-state index is 13.1. The van der Waals surface area contributed by atoms with Crippen molar-refractivity contribution in [1.82, 2.24) is 14.5 Å². The summed E-state index contributed by atoms with van der Waals surface area (Å²) >= 11 is 6.22. The lowest BCUT2D eigenvalue weighted by Gasteiger charge is -2.33. The molecule has 1 N–H and O–H groups in total. The fourth-order valence-electron chi connectivity index (χ4n) is 4.25. The molecule has 0 aromatic heterocycles. The van der Waals surface area contributed by atoms with E-state index in [1.165, 1.54) is 35.7 Å². The van der Waals surface area contributed by atoms with Crippen LogP contribution in [0.4, 0.5) is 0 Å². The Morgan fingerprint density at radius 2 is 1.97 bits per heavy atom. The lowest BCUT2D eigenvalue weighted by molar-refractivity contribution is 0.0938. The molecule has 0 aliphatic carbocycles. The highest BCUT2D eigenvalue weighted by Gasteiger charge is 2.31. The summed E-state index contributed by atoms with van der Waals surface area (Å²) in [6.07, 6.45) is 5.53. The van der Waals surface area contributed by atoms with Crippen LogP contribution in [-0.2, 0) is 10.0 Å². The van der Waals surface area contributed by atoms with Gasteiger partial charge in [-0.25, -0.2) is 8.42 Å². The molecule has 2 saturated heterocycles. The molecule has 1 amide bonds. The molecule has 2 aliphatic heterocycles. The van der Waals surface area contributed by atoms with Crippen LogP contribution < -0.4 is 5.32 Å². The van der Waals surface area contributed by atoms with Crippen molar-refractivity contribution in [2.75, 3.05) is 32.7 Å². The lowest BCUT2D eigenvalue weighted by Crippen LogP contribution is -2.42. The largest absolute Gasteiger partial charge is 0.351 e. The number of piperidine rings is 2. The van der Waals surface area contributed by atoms with Gasteiger partial charge < -0.3 is 5.32 Å². The third-order valence-corrected chi connectivity index (χ3v) is 8.40. The molecule has 1 aromatic rings. The summed E-state index contributed by atoms with van der Waals surface area (Å²) in [4.78, 5) is 15.0. The molecule has 2 aliphatic rings. The predicted molar refractivity (Wildman–Crippen MR) is 116 cm³/mol. The molecule has 3 rings (SSSR count). The van der Waals surface area contributed by atoms with E-state index in [-0.39, 0.29) is 15.8 Å². The molecule has 0 spiro atoms. The average Bonchev–Trinajstić information content (AvgIpc) is 2.69. The van der Waals surface area contributed by atoms with Crippen LogP contribution in [0.3, 0.4) is 0 Å². The molecule has 29 heavy (non-hydrogen) atoms. The van der Waals surface area contributed by atoms with E-state index in [9.17, 15) is 13.2 Å². The molecular weight excluding hydrogens is 410 g/mol. The fraction of sp³-hybridized carbons (Fsp3) is 0.667. The highest BCUT2D eigenvalue weighted by Crippen LogP contribution is 2.29. The van der Waals surface area contributed by atoms with Gasteiger partial charge in [0.2, 0.25) is 10.0 Å². The number of amides is 1. The summed E-state index contributed by atoms with van der Waals surface area (Å²) in [6, 6.07) is 5.04. The van der Waals surface area contributed by atoms with E-state index in [1.807, 2.05) is 0 Å². The molecule has 1 aromatic carbocycles. The number of likely N-dealkylation sites (tertiary alicyclic amines) is 1. The number of carbonyl (C=O) groups is 1. The first kappa shape index (κ1) is 22.5. The van der Waals surface area contributed by atoms with E-state index >= 15 is 0 Å². The highest BCUT2D eigenvalue weighted by atomic mass is 35.5. The SMILES string of the molecule is CC1CCCN(S(=O)(=O)c2cc(C(=O)NCCN3CCCCC3C)ccc2Cl)C1. The van der Waals surface area contributed by atoms with Crippen LogP contribution in [0.25, 0.3) is 0 Å². The van der Waals surface area contributed by atoms with Crippen LogP contribution >= 0.6 is 11.6 Å². The Morgan fingerprint density at radius 1 is 1.17 bits per heavy atom. The number of nitrogens with zero attached hydrogens (tertiary/aromatic N) is 2. The van der Waals surface area contributed by atoms with E-state index in [2.05, 4.69) is 24.1 Å². The van der Waals surface area contributed by atoms with Crippen LogP contribution in [0.1, 0.15) is 56.3 Å². The molecule has 2 heterocycles. The molecule has 0 radical (unpaired) electrons. The van der Waals surface area contributed by atoms with E-state index < -0.39 is 10.0 Å². The minimum atomic E-state index is -3.71. The van der Waals surface area contributed by atoms with Crippen molar-refractivity contribution in [2.24, 2.45) is 5.92 Å². The standard InChI is InChI=1S/C21H32ClN3O3S/c1-16-6-5-12-25(15-16)29(27,28)20-14-18(8-9-19(20)22)21(26)23-10-13-24-11-4-3-7-17(24)2/h8-9,14,16-17H,3-7,10-13,15H2,1-2H3,(H,23,26). The third-order valence-electron chi connectivity index (χ3n) is 6.06. The molecule has 6 nitrogen and oxygen atoms in total. The number of carbonyl (C=O) groups excluding carboxylic acids is 1. The van der Waals surface area contributed by atoms with Crippen molar-refractivity contribution < 1.29 is 13.2 Å². The van der Waals surface area contributed by atoms with Gasteiger partial charge in [0.15, 0.2) is 0 Å². The quantitative estimate of drug-likeness (QED) is 0.734. The van der Waals surface area contributed by atoms with Gasteiger partial charge in [-0.15, -0.1) is 0 Å². The lowest BCUT2D eigenvalue weighted by atomic mass is 10.0. The number of halogens is 1. The van der Waals surface area contributed by atoms with Crippen LogP contribution in [-0.4, -0.2) is 62.3 Å². The Labute approximate surface area is 179 Å². The maximum Gasteiger partial charge on any atom is 0.251 e. The normalized spacial score (nSPS) is 24.4. The fourth-order valence-corrected chi connectivity index (χ4v) is 6.35. The summed E-state index contributed by atoms with van der Waals surface area (Å²) in [6.45, 7) is 7.66. The number of rotatable bonds is 6. The Bertz CT molecular complexity index is 830. The van der Waals surface area contributed by atoms with Crippen molar-refractivity contribution >= 4 is 27.5 Å². The molecule has 8 heteroatoms. The van der Waals surface area contributed by atoms with E-state index in [0.717, 1.165) is 25.9 Å². The van der Waals surface area contributed by atoms with Gasteiger partial charge in [0, 0.05) is 37.8 Å². The van der Waals surface area contributed by atoms with E-state index in [1.54, 1.807) is 6.07 Å². The van der Waals surface area contributed by atoms with E-state index in [4.69, 9.17) is 11.6 Å². The molecule has 162 valence electrons. The zero-order valence-corrected chi connectivity index (χ0v) is 18.9. The summed E-state index contributed by atoms with van der Waals surface area (Å²) < 4.78 is 27.7. The predicted octanol–water partition coefficient (Wildman–Crippen LogP) is 3.36. The highest BCUT2D eigenvalue weighted by molar-refractivity contribution is 7.89. The number of hydrogen-bond acceptors (Lipinski definition) is 4. The van der Waals surface area contributed by atoms with Crippen LogP contribution in [0.15, 0.2) is 23.1 Å². The Morgan fingerprint density at radius 3 is 2.69 bits per heavy atom. The zero-order chi connectivity index (χ0) is 21.0. The zero-order valence-electron chi connectivity index (χ0n) is 17.4. The average molecular weight is 442 g/mol. The summed E-state index contributed by atoms with van der Waals surface area (Å²) in [5.41, 5.74) is 0.324. The number of sulfonamides is 1. The second kappa shape index (κ2) is 9.77. The second-order valence-electron chi connectivity index (χ2n) is 8.39. The Hall–Kier alpha value is -1.15.